The van der Waals surface area contributed by atoms with E-state index in [2.05, 4.69) is 40.7 Å². The van der Waals surface area contributed by atoms with E-state index in [4.69, 9.17) is 0 Å². The lowest BCUT2D eigenvalue weighted by atomic mass is 10.1. The van der Waals surface area contributed by atoms with Crippen molar-refractivity contribution in [1.82, 2.24) is 14.8 Å². The number of nitrogens with zero attached hydrogens (tertiary/aromatic N) is 4. The minimum absolute atomic E-state index is 0.104. The number of aromatic nitrogens is 3. The molecule has 1 aromatic heterocycles. The largest absolute Gasteiger partial charge is 0.302 e. The van der Waals surface area contributed by atoms with Gasteiger partial charge in [-0.2, -0.15) is 0 Å². The number of hydrogen-bond donors (Lipinski definition) is 0. The van der Waals surface area contributed by atoms with E-state index < -0.39 is 0 Å². The van der Waals surface area contributed by atoms with Crippen LogP contribution < -0.4 is 0 Å². The third-order valence-corrected chi connectivity index (χ3v) is 4.97. The van der Waals surface area contributed by atoms with Gasteiger partial charge in [0.05, 0.1) is 4.92 Å². The third kappa shape index (κ3) is 3.71. The molecule has 3 aromatic rings. The molecule has 3 rings (SSSR count). The fourth-order valence-corrected chi connectivity index (χ4v) is 3.52. The molecule has 0 saturated heterocycles. The van der Waals surface area contributed by atoms with Gasteiger partial charge in [0.2, 0.25) is 0 Å². The van der Waals surface area contributed by atoms with Crippen LogP contribution in [0.5, 0.6) is 0 Å². The molecular formula is C18H18N4O2S. The molecule has 0 unspecified atom stereocenters. The second-order valence-electron chi connectivity index (χ2n) is 5.58. The first-order valence-corrected chi connectivity index (χ1v) is 8.94. The molecule has 1 heterocycles. The number of nitro groups is 1. The SMILES string of the molecule is CCn1c(SCc2ccc([N+](=O)[O-])cc2)nnc1-c1ccccc1C. The molecule has 0 aliphatic rings. The normalized spacial score (nSPS) is 10.8. The highest BCUT2D eigenvalue weighted by molar-refractivity contribution is 7.98. The Morgan fingerprint density at radius 1 is 1.12 bits per heavy atom. The molecule has 0 N–H and O–H groups in total. The number of non-ortho nitro benzene ring substituents is 1. The predicted molar refractivity (Wildman–Crippen MR) is 98.5 cm³/mol. The lowest BCUT2D eigenvalue weighted by Gasteiger charge is -2.09. The molecule has 6 nitrogen and oxygen atoms in total. The van der Waals surface area contributed by atoms with E-state index in [1.807, 2.05) is 12.1 Å². The molecule has 0 aliphatic carbocycles. The number of hydrogen-bond acceptors (Lipinski definition) is 5. The minimum atomic E-state index is -0.390. The molecule has 128 valence electrons. The summed E-state index contributed by atoms with van der Waals surface area (Å²) >= 11 is 1.58. The number of thioether (sulfide) groups is 1. The lowest BCUT2D eigenvalue weighted by molar-refractivity contribution is -0.384. The fraction of sp³-hybridized carbons (Fsp3) is 0.222. The first kappa shape index (κ1) is 17.2. The Morgan fingerprint density at radius 3 is 2.48 bits per heavy atom. The summed E-state index contributed by atoms with van der Waals surface area (Å²) in [6.07, 6.45) is 0. The molecule has 0 aliphatic heterocycles. The molecule has 0 amide bonds. The summed E-state index contributed by atoms with van der Waals surface area (Å²) in [6.45, 7) is 4.91. The van der Waals surface area contributed by atoms with Gasteiger partial charge in [-0.15, -0.1) is 10.2 Å². The van der Waals surface area contributed by atoms with Gasteiger partial charge >= 0.3 is 0 Å². The monoisotopic (exact) mass is 354 g/mol. The van der Waals surface area contributed by atoms with Crippen LogP contribution in [0.25, 0.3) is 11.4 Å². The van der Waals surface area contributed by atoms with E-state index in [1.165, 1.54) is 12.1 Å². The fourth-order valence-electron chi connectivity index (χ4n) is 2.57. The molecule has 0 bridgehead atoms. The predicted octanol–water partition coefficient (Wildman–Crippen LogP) is 4.47. The van der Waals surface area contributed by atoms with Gasteiger partial charge in [-0.3, -0.25) is 10.1 Å². The van der Waals surface area contributed by atoms with Gasteiger partial charge in [0.15, 0.2) is 11.0 Å². The van der Waals surface area contributed by atoms with Gasteiger partial charge in [0, 0.05) is 30.0 Å². The standard InChI is InChI=1S/C18H18N4O2S/c1-3-21-17(16-7-5-4-6-13(16)2)19-20-18(21)25-12-14-8-10-15(11-9-14)22(23)24/h4-11H,3,12H2,1-2H3. The van der Waals surface area contributed by atoms with Crippen molar-refractivity contribution in [3.8, 4) is 11.4 Å². The lowest BCUT2D eigenvalue weighted by Crippen LogP contribution is -2.00. The Bertz CT molecular complexity index is 890. The number of aryl methyl sites for hydroxylation is 1. The quantitative estimate of drug-likeness (QED) is 0.371. The molecular weight excluding hydrogens is 336 g/mol. The summed E-state index contributed by atoms with van der Waals surface area (Å²) in [7, 11) is 0. The van der Waals surface area contributed by atoms with Crippen molar-refractivity contribution in [3.05, 3.63) is 69.8 Å². The summed E-state index contributed by atoms with van der Waals surface area (Å²) in [5, 5.41) is 20.3. The van der Waals surface area contributed by atoms with Gasteiger partial charge in [-0.05, 0) is 25.0 Å². The van der Waals surface area contributed by atoms with Crippen LogP contribution in [0.4, 0.5) is 5.69 Å². The molecule has 0 radical (unpaired) electrons. The van der Waals surface area contributed by atoms with Crippen LogP contribution in [0.1, 0.15) is 18.1 Å². The Hall–Kier alpha value is -2.67. The van der Waals surface area contributed by atoms with E-state index >= 15 is 0 Å². The number of nitro benzene ring substituents is 1. The molecule has 7 heteroatoms. The summed E-state index contributed by atoms with van der Waals surface area (Å²) in [6, 6.07) is 14.7. The van der Waals surface area contributed by atoms with E-state index in [1.54, 1.807) is 23.9 Å². The first-order valence-electron chi connectivity index (χ1n) is 7.95. The van der Waals surface area contributed by atoms with Crippen molar-refractivity contribution in [2.45, 2.75) is 31.3 Å². The van der Waals surface area contributed by atoms with Crippen molar-refractivity contribution in [2.24, 2.45) is 0 Å². The van der Waals surface area contributed by atoms with Crippen molar-refractivity contribution in [1.29, 1.82) is 0 Å². The zero-order valence-corrected chi connectivity index (χ0v) is 14.9. The zero-order valence-electron chi connectivity index (χ0n) is 14.0. The molecule has 0 spiro atoms. The van der Waals surface area contributed by atoms with Gasteiger partial charge in [-0.1, -0.05) is 48.2 Å². The smallest absolute Gasteiger partial charge is 0.269 e. The second-order valence-corrected chi connectivity index (χ2v) is 6.52. The van der Waals surface area contributed by atoms with Crippen molar-refractivity contribution < 1.29 is 4.92 Å². The number of rotatable bonds is 6. The van der Waals surface area contributed by atoms with E-state index in [9.17, 15) is 10.1 Å². The average molecular weight is 354 g/mol. The Kier molecular flexibility index (Phi) is 5.14. The molecule has 0 fully saturated rings. The van der Waals surface area contributed by atoms with E-state index in [0.717, 1.165) is 34.2 Å². The van der Waals surface area contributed by atoms with Crippen molar-refractivity contribution in [2.75, 3.05) is 0 Å². The van der Waals surface area contributed by atoms with Gasteiger partial charge in [0.1, 0.15) is 0 Å². The maximum absolute atomic E-state index is 10.7. The van der Waals surface area contributed by atoms with Crippen molar-refractivity contribution >= 4 is 17.4 Å². The van der Waals surface area contributed by atoms with E-state index in [0.29, 0.717) is 5.75 Å². The molecule has 0 saturated carbocycles. The Balaban J connectivity index is 1.79. The van der Waals surface area contributed by atoms with Crippen LogP contribution in [0.3, 0.4) is 0 Å². The van der Waals surface area contributed by atoms with Crippen LogP contribution in [-0.4, -0.2) is 19.7 Å². The summed E-state index contributed by atoms with van der Waals surface area (Å²) in [5.41, 5.74) is 3.36. The highest BCUT2D eigenvalue weighted by Crippen LogP contribution is 2.28. The van der Waals surface area contributed by atoms with Crippen LogP contribution in [0, 0.1) is 17.0 Å². The molecule has 25 heavy (non-hydrogen) atoms. The number of benzene rings is 2. The van der Waals surface area contributed by atoms with Crippen molar-refractivity contribution in [3.63, 3.8) is 0 Å². The Morgan fingerprint density at radius 2 is 1.84 bits per heavy atom. The summed E-state index contributed by atoms with van der Waals surface area (Å²) in [4.78, 5) is 10.3. The van der Waals surface area contributed by atoms with Crippen LogP contribution in [0.2, 0.25) is 0 Å². The highest BCUT2D eigenvalue weighted by Gasteiger charge is 2.14. The third-order valence-electron chi connectivity index (χ3n) is 3.93. The van der Waals surface area contributed by atoms with Crippen LogP contribution in [0.15, 0.2) is 53.7 Å². The van der Waals surface area contributed by atoms with Gasteiger partial charge < -0.3 is 4.57 Å². The summed E-state index contributed by atoms with van der Waals surface area (Å²) < 4.78 is 2.10. The first-order chi connectivity index (χ1) is 12.1. The minimum Gasteiger partial charge on any atom is -0.302 e. The Labute approximate surface area is 150 Å². The van der Waals surface area contributed by atoms with Crippen LogP contribution >= 0.6 is 11.8 Å². The van der Waals surface area contributed by atoms with Crippen LogP contribution in [-0.2, 0) is 12.3 Å². The highest BCUT2D eigenvalue weighted by atomic mass is 32.2. The van der Waals surface area contributed by atoms with Gasteiger partial charge in [0.25, 0.3) is 5.69 Å². The van der Waals surface area contributed by atoms with Gasteiger partial charge in [-0.25, -0.2) is 0 Å². The van der Waals surface area contributed by atoms with E-state index in [-0.39, 0.29) is 10.6 Å². The summed E-state index contributed by atoms with van der Waals surface area (Å²) in [5.74, 6) is 1.55. The topological polar surface area (TPSA) is 73.8 Å². The second kappa shape index (κ2) is 7.48. The zero-order chi connectivity index (χ0) is 17.8. The molecule has 2 aromatic carbocycles. The average Bonchev–Trinajstić information content (AvgIpc) is 3.03. The maximum atomic E-state index is 10.7. The molecule has 0 atom stereocenters. The maximum Gasteiger partial charge on any atom is 0.269 e.